The zero-order chi connectivity index (χ0) is 12.3. The Morgan fingerprint density at radius 2 is 1.81 bits per heavy atom. The van der Waals surface area contributed by atoms with E-state index in [-0.39, 0.29) is 25.0 Å². The highest BCUT2D eigenvalue weighted by Crippen LogP contribution is 2.14. The van der Waals surface area contributed by atoms with Crippen LogP contribution in [0.3, 0.4) is 0 Å². The number of ketones is 1. The largest absolute Gasteiger partial charge is 0.343 e. The van der Waals surface area contributed by atoms with Gasteiger partial charge in [-0.05, 0) is 6.92 Å². The molecule has 0 aromatic carbocycles. The Morgan fingerprint density at radius 3 is 2.25 bits per heavy atom. The summed E-state index contributed by atoms with van der Waals surface area (Å²) in [5.41, 5.74) is 0. The van der Waals surface area contributed by atoms with Crippen LogP contribution < -0.4 is 0 Å². The summed E-state index contributed by atoms with van der Waals surface area (Å²) < 4.78 is 0. The molecule has 0 aromatic rings. The molecule has 2 amide bonds. The standard InChI is InChI=1S/C10H13NO5/c1-3-7(12)6(2)10(15)16-11-8(13)4-5-9(11)14/h6H,3-5H2,1-2H3. The summed E-state index contributed by atoms with van der Waals surface area (Å²) in [5, 5.41) is 0.446. The maximum Gasteiger partial charge on any atom is 0.343 e. The number of carbonyl (C=O) groups is 4. The first kappa shape index (κ1) is 12.4. The molecule has 16 heavy (non-hydrogen) atoms. The lowest BCUT2D eigenvalue weighted by molar-refractivity contribution is -0.200. The van der Waals surface area contributed by atoms with E-state index >= 15 is 0 Å². The number of Topliss-reactive ketones (excluding diaryl/α,β-unsaturated/α-hetero) is 1. The minimum atomic E-state index is -0.953. The Hall–Kier alpha value is -1.72. The third-order valence-corrected chi connectivity index (χ3v) is 2.37. The van der Waals surface area contributed by atoms with Gasteiger partial charge in [0.05, 0.1) is 0 Å². The van der Waals surface area contributed by atoms with E-state index in [2.05, 4.69) is 4.84 Å². The van der Waals surface area contributed by atoms with Gasteiger partial charge >= 0.3 is 5.97 Å². The summed E-state index contributed by atoms with van der Waals surface area (Å²) in [6.45, 7) is 3.01. The lowest BCUT2D eigenvalue weighted by Gasteiger charge is -2.15. The van der Waals surface area contributed by atoms with Crippen LogP contribution >= 0.6 is 0 Å². The smallest absolute Gasteiger partial charge is 0.330 e. The summed E-state index contributed by atoms with van der Waals surface area (Å²) in [6.07, 6.45) is 0.294. The average Bonchev–Trinajstić information content (AvgIpc) is 2.58. The molecule has 1 aliphatic heterocycles. The van der Waals surface area contributed by atoms with E-state index < -0.39 is 23.7 Å². The molecular weight excluding hydrogens is 214 g/mol. The molecule has 1 fully saturated rings. The first-order valence-corrected chi connectivity index (χ1v) is 5.07. The second-order valence-electron chi connectivity index (χ2n) is 3.53. The fraction of sp³-hybridized carbons (Fsp3) is 0.600. The van der Waals surface area contributed by atoms with Crippen molar-refractivity contribution < 1.29 is 24.0 Å². The van der Waals surface area contributed by atoms with Gasteiger partial charge in [-0.2, -0.15) is 0 Å². The van der Waals surface area contributed by atoms with E-state index in [1.54, 1.807) is 6.92 Å². The number of rotatable bonds is 4. The van der Waals surface area contributed by atoms with Crippen LogP contribution in [-0.4, -0.2) is 28.6 Å². The average molecular weight is 227 g/mol. The van der Waals surface area contributed by atoms with Gasteiger partial charge in [0.25, 0.3) is 11.8 Å². The second-order valence-corrected chi connectivity index (χ2v) is 3.53. The topological polar surface area (TPSA) is 80.8 Å². The van der Waals surface area contributed by atoms with Crippen molar-refractivity contribution in [3.63, 3.8) is 0 Å². The molecule has 1 atom stereocenters. The Bertz CT molecular complexity index is 333. The zero-order valence-electron chi connectivity index (χ0n) is 9.19. The number of hydroxylamine groups is 2. The molecule has 0 spiro atoms. The van der Waals surface area contributed by atoms with Gasteiger partial charge in [0.1, 0.15) is 11.7 Å². The van der Waals surface area contributed by atoms with Gasteiger partial charge in [-0.15, -0.1) is 5.06 Å². The van der Waals surface area contributed by atoms with Crippen LogP contribution in [0.15, 0.2) is 0 Å². The summed E-state index contributed by atoms with van der Waals surface area (Å²) in [7, 11) is 0. The normalized spacial score (nSPS) is 17.5. The fourth-order valence-electron chi connectivity index (χ4n) is 1.26. The Kier molecular flexibility index (Phi) is 3.76. The molecule has 0 bridgehead atoms. The van der Waals surface area contributed by atoms with Crippen LogP contribution in [-0.2, 0) is 24.0 Å². The quantitative estimate of drug-likeness (QED) is 0.506. The third kappa shape index (κ3) is 2.44. The monoisotopic (exact) mass is 227 g/mol. The van der Waals surface area contributed by atoms with Gasteiger partial charge < -0.3 is 4.84 Å². The number of hydrogen-bond acceptors (Lipinski definition) is 5. The summed E-state index contributed by atoms with van der Waals surface area (Å²) >= 11 is 0. The van der Waals surface area contributed by atoms with Crippen molar-refractivity contribution >= 4 is 23.6 Å². The molecule has 1 unspecified atom stereocenters. The summed E-state index contributed by atoms with van der Waals surface area (Å²) in [5.74, 6) is -3.20. The first-order valence-electron chi connectivity index (χ1n) is 5.07. The van der Waals surface area contributed by atoms with Gasteiger partial charge in [-0.3, -0.25) is 14.4 Å². The SMILES string of the molecule is CCC(=O)C(C)C(=O)ON1C(=O)CCC1=O. The van der Waals surface area contributed by atoms with Gasteiger partial charge in [-0.25, -0.2) is 4.79 Å². The van der Waals surface area contributed by atoms with Gasteiger partial charge in [0, 0.05) is 19.3 Å². The molecule has 1 heterocycles. The molecule has 0 N–H and O–H groups in total. The van der Waals surface area contributed by atoms with Crippen molar-refractivity contribution in [2.75, 3.05) is 0 Å². The van der Waals surface area contributed by atoms with Crippen LogP contribution in [0, 0.1) is 5.92 Å². The fourth-order valence-corrected chi connectivity index (χ4v) is 1.26. The number of carbonyl (C=O) groups excluding carboxylic acids is 4. The molecular formula is C10H13NO5. The first-order chi connectivity index (χ1) is 7.47. The lowest BCUT2D eigenvalue weighted by atomic mass is 10.1. The van der Waals surface area contributed by atoms with E-state index in [4.69, 9.17) is 0 Å². The maximum absolute atomic E-state index is 11.4. The molecule has 1 rings (SSSR count). The van der Waals surface area contributed by atoms with Crippen molar-refractivity contribution in [1.82, 2.24) is 5.06 Å². The van der Waals surface area contributed by atoms with Crippen molar-refractivity contribution in [2.45, 2.75) is 33.1 Å². The van der Waals surface area contributed by atoms with Gasteiger partial charge in [0.2, 0.25) is 0 Å². The summed E-state index contributed by atoms with van der Waals surface area (Å²) in [4.78, 5) is 49.4. The Labute approximate surface area is 92.5 Å². The van der Waals surface area contributed by atoms with Crippen LogP contribution in [0.4, 0.5) is 0 Å². The Morgan fingerprint density at radius 1 is 1.31 bits per heavy atom. The van der Waals surface area contributed by atoms with E-state index in [1.807, 2.05) is 0 Å². The maximum atomic E-state index is 11.4. The number of imide groups is 1. The lowest BCUT2D eigenvalue weighted by Crippen LogP contribution is -2.35. The van der Waals surface area contributed by atoms with Crippen molar-refractivity contribution in [1.29, 1.82) is 0 Å². The molecule has 0 saturated carbocycles. The van der Waals surface area contributed by atoms with Crippen LogP contribution in [0.25, 0.3) is 0 Å². The van der Waals surface area contributed by atoms with Crippen molar-refractivity contribution in [3.05, 3.63) is 0 Å². The van der Waals surface area contributed by atoms with Crippen LogP contribution in [0.2, 0.25) is 0 Å². The summed E-state index contributed by atoms with van der Waals surface area (Å²) in [6, 6.07) is 0. The minimum Gasteiger partial charge on any atom is -0.330 e. The molecule has 88 valence electrons. The molecule has 0 radical (unpaired) electrons. The second kappa shape index (κ2) is 4.87. The molecule has 0 aliphatic carbocycles. The highest BCUT2D eigenvalue weighted by molar-refractivity contribution is 6.03. The highest BCUT2D eigenvalue weighted by atomic mass is 16.7. The molecule has 1 saturated heterocycles. The highest BCUT2D eigenvalue weighted by Gasteiger charge is 2.34. The Balaban J connectivity index is 2.60. The van der Waals surface area contributed by atoms with E-state index in [0.29, 0.717) is 5.06 Å². The number of hydrogen-bond donors (Lipinski definition) is 0. The van der Waals surface area contributed by atoms with E-state index in [0.717, 1.165) is 0 Å². The van der Waals surface area contributed by atoms with Crippen molar-refractivity contribution in [2.24, 2.45) is 5.92 Å². The zero-order valence-corrected chi connectivity index (χ0v) is 9.19. The van der Waals surface area contributed by atoms with Crippen LogP contribution in [0.1, 0.15) is 33.1 Å². The van der Waals surface area contributed by atoms with E-state index in [9.17, 15) is 19.2 Å². The van der Waals surface area contributed by atoms with Crippen molar-refractivity contribution in [3.8, 4) is 0 Å². The van der Waals surface area contributed by atoms with Crippen LogP contribution in [0.5, 0.6) is 0 Å². The predicted molar refractivity (Wildman–Crippen MR) is 51.6 cm³/mol. The molecule has 0 aromatic heterocycles. The molecule has 1 aliphatic rings. The van der Waals surface area contributed by atoms with E-state index in [1.165, 1.54) is 6.92 Å². The molecule has 6 nitrogen and oxygen atoms in total. The van der Waals surface area contributed by atoms with Gasteiger partial charge in [-0.1, -0.05) is 6.92 Å². The van der Waals surface area contributed by atoms with Gasteiger partial charge in [0.15, 0.2) is 0 Å². The third-order valence-electron chi connectivity index (χ3n) is 2.37. The number of nitrogens with zero attached hydrogens (tertiary/aromatic N) is 1. The number of amides is 2. The minimum absolute atomic E-state index is 0.0439. The molecule has 6 heteroatoms. The predicted octanol–water partition coefficient (Wildman–Crippen LogP) is 0.209.